The van der Waals surface area contributed by atoms with E-state index >= 15 is 0 Å². The molecule has 2 unspecified atom stereocenters. The Morgan fingerprint density at radius 1 is 1.40 bits per heavy atom. The van der Waals surface area contributed by atoms with E-state index in [1.807, 2.05) is 0 Å². The SMILES string of the molecule is NC1CCC(Nc2ccc(O)c(F)c2)C1. The molecule has 1 aromatic carbocycles. The van der Waals surface area contributed by atoms with E-state index in [9.17, 15) is 4.39 Å². The number of nitrogens with one attached hydrogen (secondary N) is 1. The lowest BCUT2D eigenvalue weighted by atomic mass is 10.2. The van der Waals surface area contributed by atoms with Crippen LogP contribution in [0.4, 0.5) is 10.1 Å². The summed E-state index contributed by atoms with van der Waals surface area (Å²) in [7, 11) is 0. The van der Waals surface area contributed by atoms with Gasteiger partial charge in [0.25, 0.3) is 0 Å². The summed E-state index contributed by atoms with van der Waals surface area (Å²) in [5.74, 6) is -0.911. The molecule has 15 heavy (non-hydrogen) atoms. The molecule has 0 aliphatic heterocycles. The summed E-state index contributed by atoms with van der Waals surface area (Å²) >= 11 is 0. The van der Waals surface area contributed by atoms with Crippen molar-refractivity contribution in [2.45, 2.75) is 31.3 Å². The van der Waals surface area contributed by atoms with Crippen LogP contribution in [0.2, 0.25) is 0 Å². The predicted octanol–water partition coefficient (Wildman–Crippen LogP) is 1.82. The fraction of sp³-hybridized carbons (Fsp3) is 0.455. The molecule has 4 heteroatoms. The van der Waals surface area contributed by atoms with Crippen LogP contribution in [0.15, 0.2) is 18.2 Å². The average molecular weight is 210 g/mol. The summed E-state index contributed by atoms with van der Waals surface area (Å²) in [5, 5.41) is 12.2. The van der Waals surface area contributed by atoms with Gasteiger partial charge in [0.2, 0.25) is 0 Å². The van der Waals surface area contributed by atoms with E-state index in [4.69, 9.17) is 10.8 Å². The van der Waals surface area contributed by atoms with Crippen LogP contribution >= 0.6 is 0 Å². The van der Waals surface area contributed by atoms with E-state index in [1.165, 1.54) is 12.1 Å². The molecule has 1 saturated carbocycles. The Labute approximate surface area is 88.1 Å². The number of anilines is 1. The third-order valence-electron chi connectivity index (χ3n) is 2.79. The van der Waals surface area contributed by atoms with Gasteiger partial charge in [-0.05, 0) is 31.4 Å². The second kappa shape index (κ2) is 4.06. The molecule has 4 N–H and O–H groups in total. The van der Waals surface area contributed by atoms with Crippen molar-refractivity contribution in [1.29, 1.82) is 0 Å². The highest BCUT2D eigenvalue weighted by Crippen LogP contribution is 2.24. The van der Waals surface area contributed by atoms with Gasteiger partial charge in [-0.2, -0.15) is 0 Å². The summed E-state index contributed by atoms with van der Waals surface area (Å²) < 4.78 is 13.0. The van der Waals surface area contributed by atoms with Gasteiger partial charge in [0.1, 0.15) is 0 Å². The number of rotatable bonds is 2. The van der Waals surface area contributed by atoms with Crippen molar-refractivity contribution < 1.29 is 9.50 Å². The molecule has 2 atom stereocenters. The minimum atomic E-state index is -0.595. The first kappa shape index (κ1) is 10.2. The van der Waals surface area contributed by atoms with Crippen LogP contribution in [0.25, 0.3) is 0 Å². The van der Waals surface area contributed by atoms with E-state index in [0.717, 1.165) is 19.3 Å². The molecule has 0 bridgehead atoms. The molecule has 82 valence electrons. The quantitative estimate of drug-likeness (QED) is 0.652. The molecule has 1 aromatic rings. The highest BCUT2D eigenvalue weighted by molar-refractivity contribution is 5.47. The molecule has 3 nitrogen and oxygen atoms in total. The van der Waals surface area contributed by atoms with E-state index < -0.39 is 5.82 Å². The van der Waals surface area contributed by atoms with Crippen molar-refractivity contribution in [3.05, 3.63) is 24.0 Å². The Balaban J connectivity index is 2.02. The fourth-order valence-electron chi connectivity index (χ4n) is 1.98. The molecule has 0 heterocycles. The Morgan fingerprint density at radius 2 is 2.20 bits per heavy atom. The van der Waals surface area contributed by atoms with Gasteiger partial charge in [-0.15, -0.1) is 0 Å². The summed E-state index contributed by atoms with van der Waals surface area (Å²) in [6, 6.07) is 4.90. The summed E-state index contributed by atoms with van der Waals surface area (Å²) in [6.45, 7) is 0. The lowest BCUT2D eigenvalue weighted by molar-refractivity contribution is 0.432. The maximum absolute atomic E-state index is 13.0. The lowest BCUT2D eigenvalue weighted by Gasteiger charge is -2.13. The highest BCUT2D eigenvalue weighted by Gasteiger charge is 2.21. The van der Waals surface area contributed by atoms with Gasteiger partial charge in [0, 0.05) is 23.8 Å². The monoisotopic (exact) mass is 210 g/mol. The second-order valence-corrected chi connectivity index (χ2v) is 4.08. The Kier molecular flexibility index (Phi) is 2.77. The van der Waals surface area contributed by atoms with E-state index in [1.54, 1.807) is 6.07 Å². The molecule has 0 saturated heterocycles. The van der Waals surface area contributed by atoms with Crippen LogP contribution in [-0.2, 0) is 0 Å². The Hall–Kier alpha value is -1.29. The van der Waals surface area contributed by atoms with Crippen LogP contribution in [0.1, 0.15) is 19.3 Å². The van der Waals surface area contributed by atoms with Gasteiger partial charge in [-0.3, -0.25) is 0 Å². The number of halogens is 1. The maximum atomic E-state index is 13.0. The van der Waals surface area contributed by atoms with E-state index in [-0.39, 0.29) is 11.8 Å². The summed E-state index contributed by atoms with van der Waals surface area (Å²) in [5.41, 5.74) is 6.48. The number of phenols is 1. The molecule has 1 aliphatic rings. The normalized spacial score (nSPS) is 25.5. The van der Waals surface area contributed by atoms with Crippen LogP contribution in [0, 0.1) is 5.82 Å². The average Bonchev–Trinajstić information content (AvgIpc) is 2.58. The molecule has 0 aromatic heterocycles. The van der Waals surface area contributed by atoms with Crippen molar-refractivity contribution in [3.8, 4) is 5.75 Å². The zero-order valence-electron chi connectivity index (χ0n) is 8.41. The molecule has 1 fully saturated rings. The van der Waals surface area contributed by atoms with Crippen molar-refractivity contribution in [3.63, 3.8) is 0 Å². The number of nitrogens with two attached hydrogens (primary N) is 1. The first-order valence-corrected chi connectivity index (χ1v) is 5.16. The zero-order valence-corrected chi connectivity index (χ0v) is 8.41. The van der Waals surface area contributed by atoms with Gasteiger partial charge in [-0.25, -0.2) is 4.39 Å². The molecular weight excluding hydrogens is 195 g/mol. The number of benzene rings is 1. The number of hydrogen-bond acceptors (Lipinski definition) is 3. The van der Waals surface area contributed by atoms with Crippen LogP contribution in [0.3, 0.4) is 0 Å². The van der Waals surface area contributed by atoms with Gasteiger partial charge in [-0.1, -0.05) is 0 Å². The summed E-state index contributed by atoms with van der Waals surface area (Å²) in [6.07, 6.45) is 2.95. The molecule has 0 radical (unpaired) electrons. The van der Waals surface area contributed by atoms with E-state index in [2.05, 4.69) is 5.32 Å². The van der Waals surface area contributed by atoms with Crippen LogP contribution < -0.4 is 11.1 Å². The Bertz CT molecular complexity index is 356. The molecule has 2 rings (SSSR count). The molecule has 1 aliphatic carbocycles. The Morgan fingerprint density at radius 3 is 2.80 bits per heavy atom. The topological polar surface area (TPSA) is 58.3 Å². The standard InChI is InChI=1S/C11H15FN2O/c12-10-6-9(3-4-11(10)15)14-8-2-1-7(13)5-8/h3-4,6-8,14-15H,1-2,5,13H2. The smallest absolute Gasteiger partial charge is 0.166 e. The van der Waals surface area contributed by atoms with Gasteiger partial charge < -0.3 is 16.2 Å². The van der Waals surface area contributed by atoms with Crippen LogP contribution in [0.5, 0.6) is 5.75 Å². The van der Waals surface area contributed by atoms with Crippen molar-refractivity contribution in [2.24, 2.45) is 5.73 Å². The number of hydrogen-bond donors (Lipinski definition) is 3. The largest absolute Gasteiger partial charge is 0.505 e. The van der Waals surface area contributed by atoms with Crippen molar-refractivity contribution in [1.82, 2.24) is 0 Å². The molecule has 0 amide bonds. The number of phenolic OH excluding ortho intramolecular Hbond substituents is 1. The maximum Gasteiger partial charge on any atom is 0.166 e. The first-order chi connectivity index (χ1) is 7.15. The molecular formula is C11H15FN2O. The lowest BCUT2D eigenvalue weighted by Crippen LogP contribution is -2.20. The first-order valence-electron chi connectivity index (χ1n) is 5.16. The second-order valence-electron chi connectivity index (χ2n) is 4.08. The highest BCUT2D eigenvalue weighted by atomic mass is 19.1. The van der Waals surface area contributed by atoms with Gasteiger partial charge >= 0.3 is 0 Å². The van der Waals surface area contributed by atoms with Crippen LogP contribution in [-0.4, -0.2) is 17.2 Å². The third kappa shape index (κ3) is 2.39. The minimum Gasteiger partial charge on any atom is -0.505 e. The fourth-order valence-corrected chi connectivity index (χ4v) is 1.98. The van der Waals surface area contributed by atoms with Crippen molar-refractivity contribution in [2.75, 3.05) is 5.32 Å². The third-order valence-corrected chi connectivity index (χ3v) is 2.79. The minimum absolute atomic E-state index is 0.254. The zero-order chi connectivity index (χ0) is 10.8. The van der Waals surface area contributed by atoms with Gasteiger partial charge in [0.05, 0.1) is 0 Å². The van der Waals surface area contributed by atoms with Crippen molar-refractivity contribution >= 4 is 5.69 Å². The summed E-state index contributed by atoms with van der Waals surface area (Å²) in [4.78, 5) is 0. The predicted molar refractivity (Wildman–Crippen MR) is 57.3 cm³/mol. The van der Waals surface area contributed by atoms with E-state index in [0.29, 0.717) is 11.7 Å². The molecule has 0 spiro atoms. The number of aromatic hydroxyl groups is 1. The van der Waals surface area contributed by atoms with Gasteiger partial charge in [0.15, 0.2) is 11.6 Å².